The van der Waals surface area contributed by atoms with Crippen molar-refractivity contribution in [2.24, 2.45) is 0 Å². The second-order valence-corrected chi connectivity index (χ2v) is 13.1. The van der Waals surface area contributed by atoms with Gasteiger partial charge in [0.15, 0.2) is 0 Å². The molecule has 11 aromatic rings. The molecule has 0 aliphatic heterocycles. The number of fused-ring (bicyclic) bond motifs is 6. The lowest BCUT2D eigenvalue weighted by atomic mass is 9.83. The van der Waals surface area contributed by atoms with Gasteiger partial charge < -0.3 is 4.42 Å². The van der Waals surface area contributed by atoms with Gasteiger partial charge in [0.25, 0.3) is 0 Å². The monoisotopic (exact) mass is 698 g/mol. The topological polar surface area (TPSA) is 31.0 Å². The second kappa shape index (κ2) is 12.2. The third-order valence-electron chi connectivity index (χ3n) is 10.2. The van der Waals surface area contributed by atoms with E-state index < -0.39 is 36.3 Å². The molecule has 9 aromatic carbocycles. The maximum atomic E-state index is 8.94. The van der Waals surface area contributed by atoms with Crippen molar-refractivity contribution in [2.45, 2.75) is 0 Å². The molecule has 0 fully saturated rings. The third kappa shape index (κ3) is 4.72. The molecule has 252 valence electrons. The Morgan fingerprint density at radius 1 is 0.463 bits per heavy atom. The molecule has 3 heteroatoms. The number of imidazole rings is 1. The first-order chi connectivity index (χ1) is 30.9. The minimum Gasteiger partial charge on any atom is -0.456 e. The molecule has 0 spiro atoms. The summed E-state index contributed by atoms with van der Waals surface area (Å²) in [5.74, 6) is 0.383. The number of rotatable bonds is 5. The summed E-state index contributed by atoms with van der Waals surface area (Å²) in [6, 6.07) is 38.7. The van der Waals surface area contributed by atoms with Gasteiger partial charge in [-0.2, -0.15) is 0 Å². The highest BCUT2D eigenvalue weighted by Gasteiger charge is 2.22. The summed E-state index contributed by atoms with van der Waals surface area (Å²) >= 11 is 0. The zero-order chi connectivity index (χ0) is 44.3. The van der Waals surface area contributed by atoms with E-state index in [-0.39, 0.29) is 35.4 Å². The van der Waals surface area contributed by atoms with Crippen LogP contribution < -0.4 is 0 Å². The number of hydrogen-bond donors (Lipinski definition) is 0. The van der Waals surface area contributed by atoms with Crippen LogP contribution in [0.2, 0.25) is 0 Å². The normalized spacial score (nSPS) is 14.3. The predicted octanol–water partition coefficient (Wildman–Crippen LogP) is 13.9. The summed E-state index contributed by atoms with van der Waals surface area (Å²) in [7, 11) is 0. The van der Waals surface area contributed by atoms with Crippen molar-refractivity contribution in [3.63, 3.8) is 0 Å². The molecule has 0 aliphatic rings. The first kappa shape index (κ1) is 22.0. The van der Waals surface area contributed by atoms with E-state index in [0.717, 1.165) is 60.2 Å². The molecule has 0 unspecified atom stereocenters. The molecule has 0 saturated carbocycles. The van der Waals surface area contributed by atoms with E-state index in [0.29, 0.717) is 33.6 Å². The van der Waals surface area contributed by atoms with Crippen LogP contribution in [0.15, 0.2) is 198 Å². The highest BCUT2D eigenvalue weighted by molar-refractivity contribution is 6.26. The Labute approximate surface area is 326 Å². The highest BCUT2D eigenvalue weighted by atomic mass is 16.3. The van der Waals surface area contributed by atoms with Crippen LogP contribution in [0.1, 0.15) is 13.7 Å². The van der Waals surface area contributed by atoms with Crippen LogP contribution in [-0.2, 0) is 0 Å². The predicted molar refractivity (Wildman–Crippen MR) is 225 cm³/mol. The van der Waals surface area contributed by atoms with Gasteiger partial charge >= 0.3 is 0 Å². The van der Waals surface area contributed by atoms with Crippen molar-refractivity contribution in [1.82, 2.24) is 9.55 Å². The minimum absolute atomic E-state index is 0.0125. The van der Waals surface area contributed by atoms with Crippen LogP contribution in [0.4, 0.5) is 0 Å². The van der Waals surface area contributed by atoms with Crippen molar-refractivity contribution in [2.75, 3.05) is 0 Å². The Morgan fingerprint density at radius 2 is 1.13 bits per heavy atom. The summed E-state index contributed by atoms with van der Waals surface area (Å²) in [4.78, 5) is 5.01. The number of aromatic nitrogens is 2. The molecule has 54 heavy (non-hydrogen) atoms. The second-order valence-electron chi connectivity index (χ2n) is 13.1. The zero-order valence-corrected chi connectivity index (χ0v) is 28.5. The first-order valence-corrected chi connectivity index (χ1v) is 17.6. The van der Waals surface area contributed by atoms with Gasteiger partial charge in [0, 0.05) is 22.0 Å². The number of para-hydroxylation sites is 4. The fourth-order valence-corrected chi connectivity index (χ4v) is 7.93. The fourth-order valence-electron chi connectivity index (χ4n) is 7.93. The molecule has 0 N–H and O–H groups in total. The smallest absolute Gasteiger partial charge is 0.145 e. The highest BCUT2D eigenvalue weighted by Crippen LogP contribution is 2.48. The Bertz CT molecular complexity index is 3760. The van der Waals surface area contributed by atoms with Gasteiger partial charge in [0.2, 0.25) is 0 Å². The molecule has 2 aromatic heterocycles. The Balaban J connectivity index is 1.24. The molecule has 11 rings (SSSR count). The minimum atomic E-state index is -0.485. The summed E-state index contributed by atoms with van der Waals surface area (Å²) in [6.07, 6.45) is 0. The average molecular weight is 699 g/mol. The molecule has 0 radical (unpaired) electrons. The summed E-state index contributed by atoms with van der Waals surface area (Å²) in [5, 5.41) is 5.27. The summed E-state index contributed by atoms with van der Waals surface area (Å²) in [6.45, 7) is 0. The van der Waals surface area contributed by atoms with Crippen LogP contribution in [-0.4, -0.2) is 9.55 Å². The first-order valence-electron chi connectivity index (χ1n) is 22.6. The van der Waals surface area contributed by atoms with Gasteiger partial charge in [-0.25, -0.2) is 4.98 Å². The maximum Gasteiger partial charge on any atom is 0.145 e. The molecular formula is C51H32N2O. The summed E-state index contributed by atoms with van der Waals surface area (Å²) in [5.41, 5.74) is 7.19. The fraction of sp³-hybridized carbons (Fsp3) is 0. The lowest BCUT2D eigenvalue weighted by Gasteiger charge is -2.19. The van der Waals surface area contributed by atoms with Crippen molar-refractivity contribution in [3.05, 3.63) is 194 Å². The van der Waals surface area contributed by atoms with Gasteiger partial charge in [-0.15, -0.1) is 0 Å². The molecule has 0 amide bonds. The van der Waals surface area contributed by atoms with Crippen molar-refractivity contribution < 1.29 is 18.1 Å². The van der Waals surface area contributed by atoms with Gasteiger partial charge in [-0.05, 0) is 103 Å². The van der Waals surface area contributed by atoms with E-state index in [4.69, 9.17) is 23.1 Å². The quantitative estimate of drug-likeness (QED) is 0.168. The van der Waals surface area contributed by atoms with Crippen LogP contribution in [0.25, 0.3) is 105 Å². The molecule has 0 atom stereocenters. The summed E-state index contributed by atoms with van der Waals surface area (Å²) < 4.78 is 94.3. The van der Waals surface area contributed by atoms with Crippen molar-refractivity contribution in [1.29, 1.82) is 0 Å². The standard InChI is InChI=1S/C51H32N2O/c1-3-15-33(16-4-1)34-29-30-40-43(32-34)49(42-24-14-28-47-50(42)41-23-9-12-27-46(41)54-47)39-22-8-7-21-38(39)48(40)35-17-13-18-36(31-35)51-52-44-25-10-11-26-45(44)53(51)37-19-5-2-6-20-37/h1-32H/i1D,2D,3D,4D,5D,6D,15D,16D,19D,20D. The number of furan rings is 1. The van der Waals surface area contributed by atoms with Crippen molar-refractivity contribution >= 4 is 54.5 Å². The molecular weight excluding hydrogens is 657 g/mol. The largest absolute Gasteiger partial charge is 0.456 e. The van der Waals surface area contributed by atoms with E-state index in [9.17, 15) is 0 Å². The van der Waals surface area contributed by atoms with Gasteiger partial charge in [-0.3, -0.25) is 4.57 Å². The Kier molecular flexibility index (Phi) is 4.96. The number of hydrogen-bond acceptors (Lipinski definition) is 2. The van der Waals surface area contributed by atoms with E-state index in [2.05, 4.69) is 18.2 Å². The van der Waals surface area contributed by atoms with Crippen LogP contribution in [0.5, 0.6) is 0 Å². The van der Waals surface area contributed by atoms with E-state index in [1.165, 1.54) is 0 Å². The SMILES string of the molecule is [2H]c1c([2H])c([2H])c(-c2ccc3c(-c4cccc(-c5nc6ccccc6n5-c5c([2H])c([2H])c([2H])c([2H])c5[2H])c4)c4ccccc4c(-c4cccc5oc6ccccc6c45)c3c2)c([2H])c1[2H]. The van der Waals surface area contributed by atoms with Gasteiger partial charge in [0.05, 0.1) is 24.7 Å². The van der Waals surface area contributed by atoms with Crippen LogP contribution in [0.3, 0.4) is 0 Å². The molecule has 0 saturated heterocycles. The van der Waals surface area contributed by atoms with Gasteiger partial charge in [-0.1, -0.05) is 145 Å². The Hall–Kier alpha value is -7.23. The van der Waals surface area contributed by atoms with E-state index >= 15 is 0 Å². The zero-order valence-electron chi connectivity index (χ0n) is 38.5. The van der Waals surface area contributed by atoms with Crippen LogP contribution >= 0.6 is 0 Å². The van der Waals surface area contributed by atoms with E-state index in [1.54, 1.807) is 10.6 Å². The molecule has 2 heterocycles. The Morgan fingerprint density at radius 3 is 1.98 bits per heavy atom. The van der Waals surface area contributed by atoms with Gasteiger partial charge in [0.1, 0.15) is 17.0 Å². The molecule has 3 nitrogen and oxygen atoms in total. The average Bonchev–Trinajstić information content (AvgIpc) is 3.90. The number of nitrogens with zero attached hydrogens (tertiary/aromatic N) is 2. The lowest BCUT2D eigenvalue weighted by Crippen LogP contribution is -1.97. The number of benzene rings is 9. The van der Waals surface area contributed by atoms with Crippen LogP contribution in [0, 0.1) is 0 Å². The molecule has 0 bridgehead atoms. The van der Waals surface area contributed by atoms with E-state index in [1.807, 2.05) is 109 Å². The third-order valence-corrected chi connectivity index (χ3v) is 10.2. The maximum absolute atomic E-state index is 8.94. The van der Waals surface area contributed by atoms with Crippen molar-refractivity contribution in [3.8, 4) is 50.5 Å². The lowest BCUT2D eigenvalue weighted by molar-refractivity contribution is 0.669. The molecule has 0 aliphatic carbocycles.